The number of anilines is 1. The third kappa shape index (κ3) is 2.85. The summed E-state index contributed by atoms with van der Waals surface area (Å²) in [6.07, 6.45) is 1.63. The van der Waals surface area contributed by atoms with E-state index in [0.717, 1.165) is 5.56 Å². The molecule has 0 bridgehead atoms. The molecule has 3 N–H and O–H groups in total. The lowest BCUT2D eigenvalue weighted by atomic mass is 10.2. The monoisotopic (exact) mass is 261 g/mol. The molecule has 0 aliphatic rings. The minimum absolute atomic E-state index is 0.284. The Morgan fingerprint density at radius 2 is 2.06 bits per heavy atom. The summed E-state index contributed by atoms with van der Waals surface area (Å²) in [5.41, 5.74) is 6.80. The number of hydrogen-bond donors (Lipinski definition) is 2. The van der Waals surface area contributed by atoms with Crippen molar-refractivity contribution in [2.45, 2.75) is 6.54 Å². The molecule has 4 nitrogen and oxygen atoms in total. The summed E-state index contributed by atoms with van der Waals surface area (Å²) in [6.45, 7) is 0.422. The van der Waals surface area contributed by atoms with Crippen molar-refractivity contribution in [2.75, 3.05) is 5.32 Å². The van der Waals surface area contributed by atoms with E-state index in [-0.39, 0.29) is 5.91 Å². The number of aromatic nitrogens is 1. The van der Waals surface area contributed by atoms with Gasteiger partial charge in [-0.2, -0.15) is 0 Å². The standard InChI is InChI=1S/C13H12ClN3O/c14-11-4-2-1-3-10(11)13(18)17-12-6-5-9(7-15)8-16-12/h1-6,8H,7,15H2,(H,16,17,18). The third-order valence-corrected chi connectivity index (χ3v) is 2.75. The molecule has 1 heterocycles. The molecule has 0 spiro atoms. The minimum atomic E-state index is -0.284. The molecule has 0 saturated carbocycles. The van der Waals surface area contributed by atoms with Gasteiger partial charge in [0.05, 0.1) is 10.6 Å². The van der Waals surface area contributed by atoms with Gasteiger partial charge in [0.2, 0.25) is 0 Å². The number of nitrogens with two attached hydrogens (primary N) is 1. The van der Waals surface area contributed by atoms with Gasteiger partial charge < -0.3 is 11.1 Å². The Hall–Kier alpha value is -1.91. The van der Waals surface area contributed by atoms with Crippen LogP contribution in [0.1, 0.15) is 15.9 Å². The van der Waals surface area contributed by atoms with E-state index in [0.29, 0.717) is 22.9 Å². The maximum absolute atomic E-state index is 11.9. The van der Waals surface area contributed by atoms with Gasteiger partial charge in [0.15, 0.2) is 0 Å². The van der Waals surface area contributed by atoms with Crippen LogP contribution in [0.2, 0.25) is 5.02 Å². The lowest BCUT2D eigenvalue weighted by Crippen LogP contribution is -2.13. The maximum atomic E-state index is 11.9. The van der Waals surface area contributed by atoms with Crippen LogP contribution in [0.3, 0.4) is 0 Å². The van der Waals surface area contributed by atoms with Crippen LogP contribution in [0.4, 0.5) is 5.82 Å². The molecule has 18 heavy (non-hydrogen) atoms. The first-order valence-corrected chi connectivity index (χ1v) is 5.79. The molecule has 0 aliphatic heterocycles. The highest BCUT2D eigenvalue weighted by Crippen LogP contribution is 2.16. The number of carbonyl (C=O) groups excluding carboxylic acids is 1. The molecule has 1 aromatic carbocycles. The fourth-order valence-electron chi connectivity index (χ4n) is 1.45. The number of halogens is 1. The fourth-order valence-corrected chi connectivity index (χ4v) is 1.67. The van der Waals surface area contributed by atoms with E-state index < -0.39 is 0 Å². The van der Waals surface area contributed by atoms with E-state index >= 15 is 0 Å². The molecule has 0 radical (unpaired) electrons. The van der Waals surface area contributed by atoms with Crippen molar-refractivity contribution in [3.63, 3.8) is 0 Å². The lowest BCUT2D eigenvalue weighted by molar-refractivity contribution is 0.102. The molecule has 0 fully saturated rings. The van der Waals surface area contributed by atoms with Gasteiger partial charge in [0.1, 0.15) is 5.82 Å². The summed E-state index contributed by atoms with van der Waals surface area (Å²) in [7, 11) is 0. The molecular weight excluding hydrogens is 250 g/mol. The van der Waals surface area contributed by atoms with Crippen LogP contribution >= 0.6 is 11.6 Å². The SMILES string of the molecule is NCc1ccc(NC(=O)c2ccccc2Cl)nc1. The molecule has 0 aliphatic carbocycles. The molecule has 0 saturated heterocycles. The van der Waals surface area contributed by atoms with E-state index in [4.69, 9.17) is 17.3 Å². The number of pyridine rings is 1. The molecule has 2 aromatic rings. The van der Waals surface area contributed by atoms with Crippen molar-refractivity contribution in [1.29, 1.82) is 0 Å². The molecule has 0 atom stereocenters. The molecular formula is C13H12ClN3O. The van der Waals surface area contributed by atoms with E-state index in [1.165, 1.54) is 0 Å². The highest BCUT2D eigenvalue weighted by Gasteiger charge is 2.09. The Bertz CT molecular complexity index is 554. The van der Waals surface area contributed by atoms with Crippen molar-refractivity contribution >= 4 is 23.3 Å². The minimum Gasteiger partial charge on any atom is -0.326 e. The zero-order valence-electron chi connectivity index (χ0n) is 9.56. The predicted octanol–water partition coefficient (Wildman–Crippen LogP) is 2.45. The van der Waals surface area contributed by atoms with Crippen LogP contribution < -0.4 is 11.1 Å². The molecule has 2 rings (SSSR count). The molecule has 1 amide bonds. The average molecular weight is 262 g/mol. The van der Waals surface area contributed by atoms with Crippen molar-refractivity contribution in [1.82, 2.24) is 4.98 Å². The summed E-state index contributed by atoms with van der Waals surface area (Å²) < 4.78 is 0. The van der Waals surface area contributed by atoms with E-state index in [1.807, 2.05) is 6.07 Å². The van der Waals surface area contributed by atoms with Crippen LogP contribution in [-0.2, 0) is 6.54 Å². The zero-order valence-corrected chi connectivity index (χ0v) is 10.3. The van der Waals surface area contributed by atoms with Crippen LogP contribution in [0.5, 0.6) is 0 Å². The van der Waals surface area contributed by atoms with Crippen molar-refractivity contribution in [3.05, 3.63) is 58.7 Å². The van der Waals surface area contributed by atoms with E-state index in [1.54, 1.807) is 36.5 Å². The second-order valence-electron chi connectivity index (χ2n) is 3.69. The van der Waals surface area contributed by atoms with Crippen LogP contribution in [0, 0.1) is 0 Å². The van der Waals surface area contributed by atoms with E-state index in [2.05, 4.69) is 10.3 Å². The van der Waals surface area contributed by atoms with Crippen molar-refractivity contribution in [3.8, 4) is 0 Å². The van der Waals surface area contributed by atoms with Gasteiger partial charge in [0.25, 0.3) is 5.91 Å². The van der Waals surface area contributed by atoms with Crippen molar-refractivity contribution < 1.29 is 4.79 Å². The Kier molecular flexibility index (Phi) is 3.92. The summed E-state index contributed by atoms with van der Waals surface area (Å²) in [6, 6.07) is 10.4. The van der Waals surface area contributed by atoms with Gasteiger partial charge >= 0.3 is 0 Å². The topological polar surface area (TPSA) is 68.0 Å². The molecule has 5 heteroatoms. The summed E-state index contributed by atoms with van der Waals surface area (Å²) in [5.74, 6) is 0.186. The molecule has 92 valence electrons. The number of amides is 1. The first-order chi connectivity index (χ1) is 8.70. The zero-order chi connectivity index (χ0) is 13.0. The van der Waals surface area contributed by atoms with Gasteiger partial charge in [-0.3, -0.25) is 4.79 Å². The lowest BCUT2D eigenvalue weighted by Gasteiger charge is -2.06. The van der Waals surface area contributed by atoms with E-state index in [9.17, 15) is 4.79 Å². The van der Waals surface area contributed by atoms with Gasteiger partial charge in [-0.1, -0.05) is 29.8 Å². The quantitative estimate of drug-likeness (QED) is 0.892. The molecule has 0 unspecified atom stereocenters. The Balaban J connectivity index is 2.14. The van der Waals surface area contributed by atoms with Crippen LogP contribution in [0.15, 0.2) is 42.6 Å². The summed E-state index contributed by atoms with van der Waals surface area (Å²) >= 11 is 5.94. The Morgan fingerprint density at radius 3 is 2.67 bits per heavy atom. The highest BCUT2D eigenvalue weighted by molar-refractivity contribution is 6.34. The van der Waals surface area contributed by atoms with Gasteiger partial charge in [-0.05, 0) is 23.8 Å². The Labute approximate surface area is 110 Å². The number of carbonyl (C=O) groups is 1. The van der Waals surface area contributed by atoms with Crippen LogP contribution in [0.25, 0.3) is 0 Å². The number of rotatable bonds is 3. The smallest absolute Gasteiger partial charge is 0.258 e. The first kappa shape index (κ1) is 12.5. The Morgan fingerprint density at radius 1 is 1.28 bits per heavy atom. The van der Waals surface area contributed by atoms with Crippen molar-refractivity contribution in [2.24, 2.45) is 5.73 Å². The average Bonchev–Trinajstić information content (AvgIpc) is 2.40. The van der Waals surface area contributed by atoms with Gasteiger partial charge in [-0.15, -0.1) is 0 Å². The second-order valence-corrected chi connectivity index (χ2v) is 4.10. The first-order valence-electron chi connectivity index (χ1n) is 5.41. The number of benzene rings is 1. The number of nitrogens with zero attached hydrogens (tertiary/aromatic N) is 1. The number of nitrogens with one attached hydrogen (secondary N) is 1. The third-order valence-electron chi connectivity index (χ3n) is 2.42. The largest absolute Gasteiger partial charge is 0.326 e. The van der Waals surface area contributed by atoms with Gasteiger partial charge in [0, 0.05) is 12.7 Å². The predicted molar refractivity (Wildman–Crippen MR) is 71.5 cm³/mol. The normalized spacial score (nSPS) is 10.1. The second kappa shape index (κ2) is 5.62. The number of hydrogen-bond acceptors (Lipinski definition) is 3. The maximum Gasteiger partial charge on any atom is 0.258 e. The molecule has 1 aromatic heterocycles. The van der Waals surface area contributed by atoms with Crippen LogP contribution in [-0.4, -0.2) is 10.9 Å². The fraction of sp³-hybridized carbons (Fsp3) is 0.0769. The van der Waals surface area contributed by atoms with Gasteiger partial charge in [-0.25, -0.2) is 4.98 Å². The highest BCUT2D eigenvalue weighted by atomic mass is 35.5. The summed E-state index contributed by atoms with van der Waals surface area (Å²) in [4.78, 5) is 16.0. The summed E-state index contributed by atoms with van der Waals surface area (Å²) in [5, 5.41) is 3.09.